The van der Waals surface area contributed by atoms with Gasteiger partial charge in [-0.1, -0.05) is 65.8 Å². The quantitative estimate of drug-likeness (QED) is 0.279. The molecular formula is C33H54O2. The third kappa shape index (κ3) is 4.08. The van der Waals surface area contributed by atoms with E-state index in [1.54, 1.807) is 6.92 Å². The molecule has 0 bridgehead atoms. The second kappa shape index (κ2) is 9.05. The van der Waals surface area contributed by atoms with Gasteiger partial charge in [-0.25, -0.2) is 0 Å². The first-order chi connectivity index (χ1) is 16.2. The molecule has 0 amide bonds. The van der Waals surface area contributed by atoms with Crippen LogP contribution in [0, 0.1) is 51.2 Å². The van der Waals surface area contributed by atoms with Gasteiger partial charge in [0, 0.05) is 12.3 Å². The van der Waals surface area contributed by atoms with Crippen molar-refractivity contribution in [3.8, 4) is 0 Å². The highest BCUT2D eigenvalue weighted by molar-refractivity contribution is 5.66. The van der Waals surface area contributed by atoms with Crippen molar-refractivity contribution >= 4 is 5.97 Å². The van der Waals surface area contributed by atoms with Crippen molar-refractivity contribution in [2.24, 2.45) is 51.2 Å². The molecule has 0 spiro atoms. The molecule has 0 aromatic rings. The van der Waals surface area contributed by atoms with Gasteiger partial charge in [0.25, 0.3) is 0 Å². The fourth-order valence-corrected chi connectivity index (χ4v) is 10.5. The summed E-state index contributed by atoms with van der Waals surface area (Å²) in [6.07, 6.45) is 12.7. The average molecular weight is 483 g/mol. The predicted octanol–water partition coefficient (Wildman–Crippen LogP) is 9.15. The molecule has 2 heteroatoms. The predicted molar refractivity (Wildman–Crippen MR) is 147 cm³/mol. The van der Waals surface area contributed by atoms with E-state index in [1.165, 1.54) is 62.5 Å². The number of rotatable bonds is 6. The molecule has 35 heavy (non-hydrogen) atoms. The van der Waals surface area contributed by atoms with Gasteiger partial charge in [0.05, 0.1) is 0 Å². The van der Waals surface area contributed by atoms with Gasteiger partial charge < -0.3 is 4.74 Å². The zero-order valence-electron chi connectivity index (χ0n) is 24.3. The van der Waals surface area contributed by atoms with Crippen LogP contribution >= 0.6 is 0 Å². The van der Waals surface area contributed by atoms with E-state index in [9.17, 15) is 4.79 Å². The lowest BCUT2D eigenvalue weighted by atomic mass is 9.35. The summed E-state index contributed by atoms with van der Waals surface area (Å²) in [5.41, 5.74) is 4.02. The molecule has 4 aliphatic rings. The van der Waals surface area contributed by atoms with E-state index >= 15 is 0 Å². The first-order valence-electron chi connectivity index (χ1n) is 14.7. The molecule has 0 aliphatic heterocycles. The van der Waals surface area contributed by atoms with Crippen LogP contribution in [0.25, 0.3) is 0 Å². The van der Waals surface area contributed by atoms with Crippen molar-refractivity contribution in [1.82, 2.24) is 0 Å². The van der Waals surface area contributed by atoms with E-state index in [0.29, 0.717) is 34.0 Å². The SMILES string of the molecule is C=C(CC[C@H](C)C(=C)C)[C@H]1CC[C@]2(C)[C@@H]1CC[C@@H]1[C@@]3(C)CC[C@H](OC(C)=O)C(C)(C)[C@@H]3CC[C@]12C. The fourth-order valence-electron chi connectivity index (χ4n) is 10.5. The van der Waals surface area contributed by atoms with Crippen LogP contribution in [0.1, 0.15) is 120 Å². The lowest BCUT2D eigenvalue weighted by molar-refractivity contribution is -0.226. The van der Waals surface area contributed by atoms with Crippen LogP contribution in [0.2, 0.25) is 0 Å². The Morgan fingerprint density at radius 2 is 1.54 bits per heavy atom. The van der Waals surface area contributed by atoms with Gasteiger partial charge in [0.15, 0.2) is 0 Å². The second-order valence-corrected chi connectivity index (χ2v) is 14.7. The van der Waals surface area contributed by atoms with Crippen molar-refractivity contribution in [2.75, 3.05) is 0 Å². The van der Waals surface area contributed by atoms with Gasteiger partial charge in [-0.2, -0.15) is 0 Å². The molecule has 2 nitrogen and oxygen atoms in total. The van der Waals surface area contributed by atoms with Crippen molar-refractivity contribution < 1.29 is 9.53 Å². The summed E-state index contributed by atoms with van der Waals surface area (Å²) in [4.78, 5) is 11.9. The van der Waals surface area contributed by atoms with Crippen molar-refractivity contribution in [3.05, 3.63) is 24.3 Å². The number of carbonyl (C=O) groups excluding carboxylic acids is 1. The molecule has 0 heterocycles. The van der Waals surface area contributed by atoms with E-state index in [4.69, 9.17) is 4.74 Å². The highest BCUT2D eigenvalue weighted by Crippen LogP contribution is 2.75. The van der Waals surface area contributed by atoms with Crippen LogP contribution in [-0.4, -0.2) is 12.1 Å². The van der Waals surface area contributed by atoms with E-state index in [0.717, 1.165) is 24.7 Å². The molecule has 4 aliphatic carbocycles. The Labute approximate surface area is 216 Å². The fraction of sp³-hybridized carbons (Fsp3) is 0.848. The average Bonchev–Trinajstić information content (AvgIpc) is 3.12. The molecule has 4 rings (SSSR count). The molecule has 0 N–H and O–H groups in total. The van der Waals surface area contributed by atoms with Gasteiger partial charge in [-0.05, 0) is 117 Å². The van der Waals surface area contributed by atoms with Crippen LogP contribution < -0.4 is 0 Å². The smallest absolute Gasteiger partial charge is 0.302 e. The number of ether oxygens (including phenoxy) is 1. The minimum Gasteiger partial charge on any atom is -0.462 e. The Balaban J connectivity index is 1.56. The molecule has 9 atom stereocenters. The van der Waals surface area contributed by atoms with Gasteiger partial charge in [-0.3, -0.25) is 4.79 Å². The van der Waals surface area contributed by atoms with Crippen molar-refractivity contribution in [2.45, 2.75) is 126 Å². The van der Waals surface area contributed by atoms with Gasteiger partial charge in [0.1, 0.15) is 6.10 Å². The van der Waals surface area contributed by atoms with Gasteiger partial charge >= 0.3 is 5.97 Å². The number of esters is 1. The second-order valence-electron chi connectivity index (χ2n) is 14.7. The minimum absolute atomic E-state index is 0.0459. The third-order valence-corrected chi connectivity index (χ3v) is 12.9. The van der Waals surface area contributed by atoms with E-state index in [1.807, 2.05) is 0 Å². The number of carbonyl (C=O) groups is 1. The van der Waals surface area contributed by atoms with Crippen LogP contribution in [0.5, 0.6) is 0 Å². The standard InChI is InChI=1S/C33H54O2/c1-21(2)22(3)11-12-23(4)25-15-19-32(9)26(25)13-14-28-31(8)18-17-29(35-24(5)34)30(6,7)27(31)16-20-33(28,32)10/h22,25-29H,1,4,11-20H2,2-3,5-10H3/t22-,25+,26+,27-,28+,29-,31-,32+,33+/m0/s1. The lowest BCUT2D eigenvalue weighted by Gasteiger charge is -2.70. The first kappa shape index (κ1) is 27.0. The maximum Gasteiger partial charge on any atom is 0.302 e. The normalized spacial score (nSPS) is 45.0. The Kier molecular flexibility index (Phi) is 6.98. The first-order valence-corrected chi connectivity index (χ1v) is 14.7. The zero-order chi connectivity index (χ0) is 26.0. The van der Waals surface area contributed by atoms with Crippen molar-refractivity contribution in [3.63, 3.8) is 0 Å². The Bertz CT molecular complexity index is 868. The minimum atomic E-state index is -0.116. The summed E-state index contributed by atoms with van der Waals surface area (Å²) in [7, 11) is 0. The van der Waals surface area contributed by atoms with Crippen LogP contribution in [0.15, 0.2) is 24.3 Å². The summed E-state index contributed by atoms with van der Waals surface area (Å²) >= 11 is 0. The maximum atomic E-state index is 11.9. The number of allylic oxidation sites excluding steroid dienone is 2. The summed E-state index contributed by atoms with van der Waals surface area (Å²) in [6.45, 7) is 27.7. The van der Waals surface area contributed by atoms with E-state index < -0.39 is 0 Å². The van der Waals surface area contributed by atoms with Crippen LogP contribution in [-0.2, 0) is 9.53 Å². The molecule has 0 unspecified atom stereocenters. The number of hydrogen-bond acceptors (Lipinski definition) is 2. The maximum absolute atomic E-state index is 11.9. The highest BCUT2D eigenvalue weighted by Gasteiger charge is 2.68. The Morgan fingerprint density at radius 1 is 0.886 bits per heavy atom. The number of fused-ring (bicyclic) bond motifs is 5. The van der Waals surface area contributed by atoms with E-state index in [2.05, 4.69) is 61.6 Å². The molecule has 0 aromatic carbocycles. The number of hydrogen-bond donors (Lipinski definition) is 0. The van der Waals surface area contributed by atoms with Crippen molar-refractivity contribution in [1.29, 1.82) is 0 Å². The molecular weight excluding hydrogens is 428 g/mol. The lowest BCUT2D eigenvalue weighted by Crippen LogP contribution is -2.64. The molecule has 4 saturated carbocycles. The largest absolute Gasteiger partial charge is 0.462 e. The molecule has 0 aromatic heterocycles. The Hall–Kier alpha value is -1.05. The molecule has 0 saturated heterocycles. The van der Waals surface area contributed by atoms with Gasteiger partial charge in [0.2, 0.25) is 0 Å². The highest BCUT2D eigenvalue weighted by atomic mass is 16.5. The summed E-state index contributed by atoms with van der Waals surface area (Å²) in [5, 5.41) is 0. The molecule has 4 fully saturated rings. The van der Waals surface area contributed by atoms with Crippen LogP contribution in [0.4, 0.5) is 0 Å². The molecule has 198 valence electrons. The summed E-state index contributed by atoms with van der Waals surface area (Å²) < 4.78 is 5.89. The van der Waals surface area contributed by atoms with Gasteiger partial charge in [-0.15, -0.1) is 0 Å². The molecule has 0 radical (unpaired) electrons. The zero-order valence-corrected chi connectivity index (χ0v) is 24.3. The topological polar surface area (TPSA) is 26.3 Å². The Morgan fingerprint density at radius 3 is 2.17 bits per heavy atom. The summed E-state index contributed by atoms with van der Waals surface area (Å²) in [5.74, 6) is 3.37. The van der Waals surface area contributed by atoms with Crippen LogP contribution in [0.3, 0.4) is 0 Å². The van der Waals surface area contributed by atoms with E-state index in [-0.39, 0.29) is 17.5 Å². The summed E-state index contributed by atoms with van der Waals surface area (Å²) in [6, 6.07) is 0. The third-order valence-electron chi connectivity index (χ3n) is 12.9. The monoisotopic (exact) mass is 482 g/mol.